The summed E-state index contributed by atoms with van der Waals surface area (Å²) in [6.07, 6.45) is 0. The number of hydrogen-bond donors (Lipinski definition) is 0. The topological polar surface area (TPSA) is 32.3 Å². The minimum Gasteiger partial charge on any atom is -0.311 e. The van der Waals surface area contributed by atoms with Crippen LogP contribution in [0.1, 0.15) is 211 Å². The van der Waals surface area contributed by atoms with Crippen LogP contribution < -0.4 is 26.2 Å². The minimum atomic E-state index is -0.191. The van der Waals surface area contributed by atoms with Gasteiger partial charge in [-0.2, -0.15) is 0 Å². The highest BCUT2D eigenvalue weighted by Crippen LogP contribution is 2.52. The lowest BCUT2D eigenvalue weighted by molar-refractivity contribution is 0.568. The van der Waals surface area contributed by atoms with Crippen LogP contribution in [0.3, 0.4) is 0 Å². The van der Waals surface area contributed by atoms with Crippen molar-refractivity contribution in [2.75, 3.05) is 9.80 Å². The Bertz CT molecular complexity index is 4840. The zero-order valence-corrected chi connectivity index (χ0v) is 63.8. The molecule has 0 bridgehead atoms. The van der Waals surface area contributed by atoms with E-state index in [1.54, 1.807) is 0 Å². The first-order chi connectivity index (χ1) is 46.1. The Hall–Kier alpha value is -8.80. The number of anilines is 6. The lowest BCUT2D eigenvalue weighted by Gasteiger charge is -2.46. The molecule has 502 valence electrons. The molecule has 0 radical (unpaired) electrons. The summed E-state index contributed by atoms with van der Waals surface area (Å²) in [5, 5.41) is 9.83. The Balaban J connectivity index is 1.21. The van der Waals surface area contributed by atoms with E-state index in [0.29, 0.717) is 5.82 Å². The van der Waals surface area contributed by atoms with Crippen LogP contribution in [0.2, 0.25) is 0 Å². The Morgan fingerprint density at radius 2 is 0.556 bits per heavy atom. The lowest BCUT2D eigenvalue weighted by atomic mass is 9.33. The summed E-state index contributed by atoms with van der Waals surface area (Å²) >= 11 is 0. The van der Waals surface area contributed by atoms with Crippen LogP contribution in [-0.2, 0) is 43.3 Å². The molecule has 0 aliphatic carbocycles. The molecular weight excluding hydrogens is 1200 g/mol. The fourth-order valence-corrected chi connectivity index (χ4v) is 15.2. The van der Waals surface area contributed by atoms with Crippen LogP contribution >= 0.6 is 0 Å². The molecule has 4 nitrogen and oxygen atoms in total. The maximum atomic E-state index is 6.04. The van der Waals surface area contributed by atoms with Gasteiger partial charge in [-0.15, -0.1) is 0 Å². The number of fused-ring (bicyclic) bond motifs is 12. The molecule has 2 aliphatic heterocycles. The molecule has 0 saturated heterocycles. The van der Waals surface area contributed by atoms with Crippen LogP contribution in [0.5, 0.6) is 0 Å². The Morgan fingerprint density at radius 3 is 0.869 bits per heavy atom. The number of aromatic nitrogens is 2. The van der Waals surface area contributed by atoms with Gasteiger partial charge in [0.15, 0.2) is 5.82 Å². The highest BCUT2D eigenvalue weighted by atomic mass is 15.2. The second-order valence-corrected chi connectivity index (χ2v) is 37.4. The Morgan fingerprint density at radius 1 is 0.263 bits per heavy atom. The van der Waals surface area contributed by atoms with Gasteiger partial charge in [-0.3, -0.25) is 0 Å². The highest BCUT2D eigenvalue weighted by molar-refractivity contribution is 7.01. The molecule has 0 spiro atoms. The van der Waals surface area contributed by atoms with Crippen LogP contribution in [0, 0.1) is 0 Å². The molecule has 5 heteroatoms. The van der Waals surface area contributed by atoms with E-state index in [2.05, 4.69) is 364 Å². The fraction of sp³-hybridized carbons (Fsp3) is 0.340. The average molecular weight is 1300 g/mol. The zero-order chi connectivity index (χ0) is 71.0. The first kappa shape index (κ1) is 67.4. The van der Waals surface area contributed by atoms with Crippen LogP contribution in [0.15, 0.2) is 188 Å². The van der Waals surface area contributed by atoms with Gasteiger partial charge < -0.3 is 9.80 Å². The van der Waals surface area contributed by atoms with E-state index >= 15 is 0 Å². The van der Waals surface area contributed by atoms with E-state index < -0.39 is 0 Å². The van der Waals surface area contributed by atoms with Crippen molar-refractivity contribution in [3.8, 4) is 33.9 Å². The van der Waals surface area contributed by atoms with E-state index in [0.717, 1.165) is 50.8 Å². The molecule has 0 amide bonds. The minimum absolute atomic E-state index is 0.129. The monoisotopic (exact) mass is 1300 g/mol. The molecule has 0 saturated carbocycles. The Kier molecular flexibility index (Phi) is 15.6. The van der Waals surface area contributed by atoms with Gasteiger partial charge in [0.25, 0.3) is 6.71 Å². The number of benzene rings is 11. The Labute approximate surface area is 592 Å². The van der Waals surface area contributed by atoms with Crippen LogP contribution in [0.25, 0.3) is 77.0 Å². The molecule has 99 heavy (non-hydrogen) atoms. The molecule has 14 rings (SSSR count). The number of hydrogen-bond acceptors (Lipinski definition) is 4. The van der Waals surface area contributed by atoms with Crippen LogP contribution in [0.4, 0.5) is 34.1 Å². The predicted octanol–water partition coefficient (Wildman–Crippen LogP) is 24.6. The number of rotatable bonds is 5. The quantitative estimate of drug-likeness (QED) is 0.127. The van der Waals surface area contributed by atoms with E-state index in [1.807, 2.05) is 0 Å². The van der Waals surface area contributed by atoms with Crippen LogP contribution in [-0.4, -0.2) is 16.7 Å². The third kappa shape index (κ3) is 12.1. The van der Waals surface area contributed by atoms with Gasteiger partial charge >= 0.3 is 0 Å². The predicted molar refractivity (Wildman–Crippen MR) is 432 cm³/mol. The molecular formula is C94H103BN4. The summed E-state index contributed by atoms with van der Waals surface area (Å²) < 4.78 is 0. The van der Waals surface area contributed by atoms with Gasteiger partial charge in [0.05, 0.1) is 11.4 Å². The molecule has 1 aromatic heterocycles. The maximum Gasteiger partial charge on any atom is 0.252 e. The molecule has 2 aliphatic rings. The van der Waals surface area contributed by atoms with Crippen molar-refractivity contribution in [1.29, 1.82) is 0 Å². The normalized spacial score (nSPS) is 14.0. The third-order valence-electron chi connectivity index (χ3n) is 21.6. The van der Waals surface area contributed by atoms with Crippen molar-refractivity contribution >= 4 is 100 Å². The number of nitrogens with zero attached hydrogens (tertiary/aromatic N) is 4. The standard InChI is InChI=1S/C94H103BN4/c1-87(2,3)61-41-58(42-62(47-61)88(4,5)6)79-55-80(59-43-63(89(7,8)9)48-64(44-59)90(10,11)12)97-86(96-79)60-45-81-83-82(46-60)99(70-53-67(93(19,20)21)50-68(54-70)94(22,23)24)85-76-36-34-57-30-26-28-32-72(57)74(76)38-40-78(85)95(83)77-39-37-73-71-31-27-25-29-56(71)33-35-75(73)84(77)98(81)69-51-65(91(13,14)15)49-66(52-69)92(16,17)18/h25-55H,1-24H3. The van der Waals surface area contributed by atoms with Gasteiger partial charge in [0.2, 0.25) is 0 Å². The average Bonchev–Trinajstić information content (AvgIpc) is 0.683. The van der Waals surface area contributed by atoms with E-state index in [4.69, 9.17) is 9.97 Å². The summed E-state index contributed by atoms with van der Waals surface area (Å²) in [5.41, 5.74) is 24.7. The van der Waals surface area contributed by atoms with Crippen molar-refractivity contribution in [3.63, 3.8) is 0 Å². The van der Waals surface area contributed by atoms with Crippen molar-refractivity contribution in [1.82, 2.24) is 9.97 Å². The van der Waals surface area contributed by atoms with Gasteiger partial charge in [-0.1, -0.05) is 287 Å². The molecule has 0 N–H and O–H groups in total. The first-order valence-electron chi connectivity index (χ1n) is 36.3. The van der Waals surface area contributed by atoms with Gasteiger partial charge in [-0.25, -0.2) is 9.97 Å². The third-order valence-corrected chi connectivity index (χ3v) is 21.6. The summed E-state index contributed by atoms with van der Waals surface area (Å²) in [5.74, 6) is 0.678. The van der Waals surface area contributed by atoms with Gasteiger partial charge in [0.1, 0.15) is 0 Å². The highest BCUT2D eigenvalue weighted by Gasteiger charge is 2.46. The van der Waals surface area contributed by atoms with E-state index in [9.17, 15) is 0 Å². The SMILES string of the molecule is CC(C)(C)c1cc(-c2cc(-c3cc(C(C)(C)C)cc(C(C)(C)C)c3)nc(-c3cc4c5c(c3)N(c3cc(C(C)(C)C)cc(C(C)(C)C)c3)c3c(ccc6c3ccc3ccccc36)B5c3ccc5c(ccc6ccccc65)c3N4c3cc(C(C)(C)C)cc(C(C)(C)C)c3)n2)cc(C(C)(C)C)c1. The second kappa shape index (κ2) is 22.9. The van der Waals surface area contributed by atoms with Crippen molar-refractivity contribution in [3.05, 3.63) is 233 Å². The second-order valence-electron chi connectivity index (χ2n) is 37.4. The van der Waals surface area contributed by atoms with E-state index in [1.165, 1.54) is 115 Å². The smallest absolute Gasteiger partial charge is 0.252 e. The maximum absolute atomic E-state index is 6.04. The van der Waals surface area contributed by atoms with Crippen molar-refractivity contribution in [2.45, 2.75) is 209 Å². The summed E-state index contributed by atoms with van der Waals surface area (Å²) in [6, 6.07) is 74.0. The fourth-order valence-electron chi connectivity index (χ4n) is 15.2. The van der Waals surface area contributed by atoms with Gasteiger partial charge in [0, 0.05) is 61.6 Å². The summed E-state index contributed by atoms with van der Waals surface area (Å²) in [4.78, 5) is 17.5. The van der Waals surface area contributed by atoms with Gasteiger partial charge in [-0.05, 0) is 203 Å². The molecule has 0 fully saturated rings. The summed E-state index contributed by atoms with van der Waals surface area (Å²) in [7, 11) is 0. The van der Waals surface area contributed by atoms with Crippen molar-refractivity contribution < 1.29 is 0 Å². The van der Waals surface area contributed by atoms with E-state index in [-0.39, 0.29) is 50.0 Å². The summed E-state index contributed by atoms with van der Waals surface area (Å²) in [6.45, 7) is 56.3. The molecule has 12 aromatic rings. The molecule has 0 atom stereocenters. The molecule has 3 heterocycles. The molecule has 11 aromatic carbocycles. The molecule has 0 unspecified atom stereocenters. The zero-order valence-electron chi connectivity index (χ0n) is 63.8. The van der Waals surface area contributed by atoms with Crippen molar-refractivity contribution in [2.24, 2.45) is 0 Å². The largest absolute Gasteiger partial charge is 0.311 e. The lowest BCUT2D eigenvalue weighted by Crippen LogP contribution is -2.61. The first-order valence-corrected chi connectivity index (χ1v) is 36.3.